The number of benzene rings is 1. The normalized spacial score (nSPS) is 14.9. The number of aromatic nitrogens is 3. The molecule has 5 nitrogen and oxygen atoms in total. The molecule has 0 bridgehead atoms. The first-order chi connectivity index (χ1) is 10.1. The Morgan fingerprint density at radius 3 is 2.71 bits per heavy atom. The third-order valence-electron chi connectivity index (χ3n) is 3.56. The van der Waals surface area contributed by atoms with Crippen molar-refractivity contribution in [1.29, 1.82) is 0 Å². The van der Waals surface area contributed by atoms with Crippen LogP contribution < -0.4 is 5.73 Å². The van der Waals surface area contributed by atoms with E-state index in [2.05, 4.69) is 10.1 Å². The van der Waals surface area contributed by atoms with Crippen LogP contribution in [0.3, 0.4) is 0 Å². The van der Waals surface area contributed by atoms with Gasteiger partial charge >= 0.3 is 0 Å². The Hall–Kier alpha value is -1.53. The smallest absolute Gasteiger partial charge is 0.253 e. The van der Waals surface area contributed by atoms with E-state index in [9.17, 15) is 4.79 Å². The van der Waals surface area contributed by atoms with Crippen LogP contribution in [0.25, 0.3) is 0 Å². The minimum Gasteiger partial charge on any atom is -0.368 e. The molecule has 1 aliphatic carbocycles. The average molecular weight is 323 g/mol. The molecule has 7 heteroatoms. The van der Waals surface area contributed by atoms with Gasteiger partial charge in [-0.3, -0.25) is 4.79 Å². The molecule has 1 saturated carbocycles. The van der Waals surface area contributed by atoms with Gasteiger partial charge in [-0.15, -0.1) is 5.10 Å². The second-order valence-corrected chi connectivity index (χ2v) is 6.42. The lowest BCUT2D eigenvalue weighted by atomic mass is 9.85. The molecule has 1 fully saturated rings. The van der Waals surface area contributed by atoms with Gasteiger partial charge in [-0.2, -0.15) is 9.67 Å². The van der Waals surface area contributed by atoms with Gasteiger partial charge in [0.05, 0.1) is 0 Å². The van der Waals surface area contributed by atoms with Crippen molar-refractivity contribution in [1.82, 2.24) is 14.8 Å². The fourth-order valence-corrected chi connectivity index (χ4v) is 3.00. The molecule has 1 heterocycles. The lowest BCUT2D eigenvalue weighted by molar-refractivity contribution is 0.0749. The SMILES string of the molecule is Nc1nc(SCc2ccc(Cl)cc2)nn1C(=O)C1CCC1. The van der Waals surface area contributed by atoms with Gasteiger partial charge in [0.15, 0.2) is 0 Å². The number of nitrogens with two attached hydrogens (primary N) is 1. The van der Waals surface area contributed by atoms with E-state index in [0.29, 0.717) is 15.9 Å². The van der Waals surface area contributed by atoms with Gasteiger partial charge in [-0.25, -0.2) is 0 Å². The van der Waals surface area contributed by atoms with Gasteiger partial charge in [0, 0.05) is 16.7 Å². The molecular weight excluding hydrogens is 308 g/mol. The fourth-order valence-electron chi connectivity index (χ4n) is 2.08. The van der Waals surface area contributed by atoms with E-state index in [0.717, 1.165) is 24.8 Å². The van der Waals surface area contributed by atoms with Crippen LogP contribution in [0, 0.1) is 5.92 Å². The van der Waals surface area contributed by atoms with E-state index in [1.165, 1.54) is 16.4 Å². The molecule has 21 heavy (non-hydrogen) atoms. The van der Waals surface area contributed by atoms with E-state index in [1.807, 2.05) is 24.3 Å². The molecule has 0 unspecified atom stereocenters. The highest BCUT2D eigenvalue weighted by molar-refractivity contribution is 7.98. The predicted molar refractivity (Wildman–Crippen MR) is 83.4 cm³/mol. The van der Waals surface area contributed by atoms with Crippen LogP contribution in [0.15, 0.2) is 29.4 Å². The third-order valence-corrected chi connectivity index (χ3v) is 4.72. The van der Waals surface area contributed by atoms with E-state index in [4.69, 9.17) is 17.3 Å². The van der Waals surface area contributed by atoms with Gasteiger partial charge in [-0.1, -0.05) is 41.9 Å². The average Bonchev–Trinajstić information content (AvgIpc) is 2.77. The molecule has 0 saturated heterocycles. The number of thioether (sulfide) groups is 1. The molecule has 1 aromatic heterocycles. The number of anilines is 1. The standard InChI is InChI=1S/C14H15ClN4OS/c15-11-6-4-9(5-7-11)8-21-14-17-13(16)19(18-14)12(20)10-2-1-3-10/h4-7,10H,1-3,8H2,(H2,16,17,18). The first-order valence-electron chi connectivity index (χ1n) is 6.77. The summed E-state index contributed by atoms with van der Waals surface area (Å²) in [6, 6.07) is 7.60. The second-order valence-electron chi connectivity index (χ2n) is 5.05. The lowest BCUT2D eigenvalue weighted by Crippen LogP contribution is -2.29. The molecule has 0 amide bonds. The van der Waals surface area contributed by atoms with Crippen molar-refractivity contribution >= 4 is 35.2 Å². The van der Waals surface area contributed by atoms with Crippen LogP contribution in [-0.4, -0.2) is 20.7 Å². The van der Waals surface area contributed by atoms with Crippen LogP contribution in [0.4, 0.5) is 5.95 Å². The Kier molecular flexibility index (Phi) is 4.17. The molecule has 0 radical (unpaired) electrons. The van der Waals surface area contributed by atoms with Crippen molar-refractivity contribution in [3.63, 3.8) is 0 Å². The molecule has 1 aromatic carbocycles. The number of carbonyl (C=O) groups excluding carboxylic acids is 1. The van der Waals surface area contributed by atoms with Gasteiger partial charge < -0.3 is 5.73 Å². The molecule has 1 aliphatic rings. The fraction of sp³-hybridized carbons (Fsp3) is 0.357. The number of nitrogen functional groups attached to an aromatic ring is 1. The first-order valence-corrected chi connectivity index (χ1v) is 8.14. The topological polar surface area (TPSA) is 73.8 Å². The molecule has 2 N–H and O–H groups in total. The van der Waals surface area contributed by atoms with Crippen molar-refractivity contribution in [3.05, 3.63) is 34.9 Å². The van der Waals surface area contributed by atoms with Crippen molar-refractivity contribution in [2.75, 3.05) is 5.73 Å². The van der Waals surface area contributed by atoms with Crippen LogP contribution in [0.1, 0.15) is 29.6 Å². The van der Waals surface area contributed by atoms with Gasteiger partial charge in [0.2, 0.25) is 11.1 Å². The van der Waals surface area contributed by atoms with Crippen LogP contribution in [-0.2, 0) is 5.75 Å². The zero-order chi connectivity index (χ0) is 14.8. The summed E-state index contributed by atoms with van der Waals surface area (Å²) in [5.74, 6) is 0.899. The quantitative estimate of drug-likeness (QED) is 0.875. The van der Waals surface area contributed by atoms with E-state index in [-0.39, 0.29) is 17.8 Å². The van der Waals surface area contributed by atoms with Crippen LogP contribution >= 0.6 is 23.4 Å². The zero-order valence-electron chi connectivity index (χ0n) is 11.3. The van der Waals surface area contributed by atoms with Crippen molar-refractivity contribution in [2.24, 2.45) is 5.92 Å². The van der Waals surface area contributed by atoms with Crippen molar-refractivity contribution in [3.8, 4) is 0 Å². The summed E-state index contributed by atoms with van der Waals surface area (Å²) in [5, 5.41) is 5.45. The highest BCUT2D eigenvalue weighted by Crippen LogP contribution is 2.29. The summed E-state index contributed by atoms with van der Waals surface area (Å²) in [4.78, 5) is 16.3. The minimum atomic E-state index is -0.0374. The van der Waals surface area contributed by atoms with Crippen LogP contribution in [0.5, 0.6) is 0 Å². The Morgan fingerprint density at radius 1 is 1.38 bits per heavy atom. The van der Waals surface area contributed by atoms with Gasteiger partial charge in [-0.05, 0) is 30.5 Å². The Labute approximate surface area is 131 Å². The summed E-state index contributed by atoms with van der Waals surface area (Å²) >= 11 is 7.30. The van der Waals surface area contributed by atoms with Gasteiger partial charge in [0.1, 0.15) is 0 Å². The number of nitrogens with zero attached hydrogens (tertiary/aromatic N) is 3. The summed E-state index contributed by atoms with van der Waals surface area (Å²) in [6.07, 6.45) is 2.94. The molecular formula is C14H15ClN4OS. The van der Waals surface area contributed by atoms with Crippen molar-refractivity contribution in [2.45, 2.75) is 30.2 Å². The highest BCUT2D eigenvalue weighted by Gasteiger charge is 2.29. The number of rotatable bonds is 4. The monoisotopic (exact) mass is 322 g/mol. The second kappa shape index (κ2) is 6.07. The summed E-state index contributed by atoms with van der Waals surface area (Å²) in [5.41, 5.74) is 6.90. The van der Waals surface area contributed by atoms with E-state index in [1.54, 1.807) is 0 Å². The van der Waals surface area contributed by atoms with E-state index >= 15 is 0 Å². The Morgan fingerprint density at radius 2 is 2.10 bits per heavy atom. The molecule has 0 aliphatic heterocycles. The summed E-state index contributed by atoms with van der Waals surface area (Å²) in [6.45, 7) is 0. The summed E-state index contributed by atoms with van der Waals surface area (Å²) < 4.78 is 1.24. The molecule has 110 valence electrons. The number of carbonyl (C=O) groups is 1. The van der Waals surface area contributed by atoms with Crippen LogP contribution in [0.2, 0.25) is 5.02 Å². The number of hydrogen-bond donors (Lipinski definition) is 1. The lowest BCUT2D eigenvalue weighted by Gasteiger charge is -2.23. The molecule has 2 aromatic rings. The number of halogens is 1. The highest BCUT2D eigenvalue weighted by atomic mass is 35.5. The molecule has 0 spiro atoms. The first kappa shape index (κ1) is 14.4. The predicted octanol–water partition coefficient (Wildman–Crippen LogP) is 3.25. The maximum Gasteiger partial charge on any atom is 0.253 e. The molecule has 0 atom stereocenters. The third kappa shape index (κ3) is 3.22. The Bertz CT molecular complexity index is 651. The molecule has 3 rings (SSSR count). The summed E-state index contributed by atoms with van der Waals surface area (Å²) in [7, 11) is 0. The number of hydrogen-bond acceptors (Lipinski definition) is 5. The van der Waals surface area contributed by atoms with Crippen molar-refractivity contribution < 1.29 is 4.79 Å². The van der Waals surface area contributed by atoms with E-state index < -0.39 is 0 Å². The zero-order valence-corrected chi connectivity index (χ0v) is 12.9. The largest absolute Gasteiger partial charge is 0.368 e. The Balaban J connectivity index is 1.66. The minimum absolute atomic E-state index is 0.0374. The maximum atomic E-state index is 12.1. The van der Waals surface area contributed by atoms with Gasteiger partial charge in [0.25, 0.3) is 5.91 Å². The maximum absolute atomic E-state index is 12.1.